The van der Waals surface area contributed by atoms with Crippen molar-refractivity contribution in [2.75, 3.05) is 33.3 Å². The van der Waals surface area contributed by atoms with E-state index >= 15 is 0 Å². The fourth-order valence-corrected chi connectivity index (χ4v) is 2.92. The van der Waals surface area contributed by atoms with E-state index in [0.717, 1.165) is 12.5 Å². The highest BCUT2D eigenvalue weighted by molar-refractivity contribution is 5.72. The third kappa shape index (κ3) is 4.18. The highest BCUT2D eigenvalue weighted by Gasteiger charge is 2.32. The lowest BCUT2D eigenvalue weighted by molar-refractivity contribution is -0.148. The molecule has 2 aliphatic rings. The van der Waals surface area contributed by atoms with Gasteiger partial charge in [0.15, 0.2) is 0 Å². The third-order valence-corrected chi connectivity index (χ3v) is 4.38. The number of ether oxygens (including phenoxy) is 1. The lowest BCUT2D eigenvalue weighted by Crippen LogP contribution is -2.53. The predicted octanol–water partition coefficient (Wildman–Crippen LogP) is 0.324. The highest BCUT2D eigenvalue weighted by Crippen LogP contribution is 2.26. The van der Waals surface area contributed by atoms with E-state index in [0.29, 0.717) is 19.5 Å². The summed E-state index contributed by atoms with van der Waals surface area (Å²) in [4.78, 5) is 24.5. The van der Waals surface area contributed by atoms with Gasteiger partial charge < -0.3 is 15.2 Å². The number of aliphatic carboxylic acids is 1. The molecule has 6 nitrogen and oxygen atoms in total. The number of carbonyl (C=O) groups is 2. The van der Waals surface area contributed by atoms with Crippen LogP contribution in [0.5, 0.6) is 0 Å². The van der Waals surface area contributed by atoms with Gasteiger partial charge in [-0.15, -0.1) is 0 Å². The number of methoxy groups -OCH3 is 1. The molecule has 114 valence electrons. The second-order valence-corrected chi connectivity index (χ2v) is 5.94. The van der Waals surface area contributed by atoms with Crippen LogP contribution in [0, 0.1) is 11.8 Å². The minimum absolute atomic E-state index is 0.148. The van der Waals surface area contributed by atoms with Crippen molar-refractivity contribution in [2.24, 2.45) is 11.8 Å². The predicted molar refractivity (Wildman–Crippen MR) is 73.3 cm³/mol. The summed E-state index contributed by atoms with van der Waals surface area (Å²) in [6, 6.07) is 0.148. The first kappa shape index (κ1) is 15.3. The van der Waals surface area contributed by atoms with Crippen LogP contribution in [0.4, 0.5) is 0 Å². The number of esters is 1. The molecule has 2 unspecified atom stereocenters. The maximum Gasteiger partial charge on any atom is 0.319 e. The molecule has 1 saturated heterocycles. The van der Waals surface area contributed by atoms with Crippen LogP contribution in [0.3, 0.4) is 0 Å². The Hall–Kier alpha value is -1.14. The molecule has 0 aromatic carbocycles. The summed E-state index contributed by atoms with van der Waals surface area (Å²) in [5, 5.41) is 12.7. The average molecular weight is 284 g/mol. The van der Waals surface area contributed by atoms with Crippen LogP contribution < -0.4 is 5.32 Å². The summed E-state index contributed by atoms with van der Waals surface area (Å²) < 4.78 is 4.66. The number of carboxylic acid groups (broad SMARTS) is 1. The fourth-order valence-electron chi connectivity index (χ4n) is 2.92. The van der Waals surface area contributed by atoms with Gasteiger partial charge in [-0.3, -0.25) is 14.5 Å². The first-order valence-corrected chi connectivity index (χ1v) is 7.34. The van der Waals surface area contributed by atoms with Gasteiger partial charge >= 0.3 is 11.9 Å². The van der Waals surface area contributed by atoms with Crippen LogP contribution in [0.25, 0.3) is 0 Å². The van der Waals surface area contributed by atoms with Crippen molar-refractivity contribution in [1.82, 2.24) is 10.2 Å². The van der Waals surface area contributed by atoms with Crippen molar-refractivity contribution in [3.05, 3.63) is 0 Å². The number of hydrogen-bond donors (Lipinski definition) is 2. The molecule has 0 bridgehead atoms. The minimum atomic E-state index is -0.782. The standard InChI is InChI=1S/C14H24N2O4/c1-20-13(17)9-16-7-11(14(18)19)5-12(8-16)15-6-10-3-2-4-10/h10-12,15H,2-9H2,1H3,(H,18,19). The van der Waals surface area contributed by atoms with Crippen molar-refractivity contribution in [3.8, 4) is 0 Å². The average Bonchev–Trinajstić information content (AvgIpc) is 2.36. The summed E-state index contributed by atoms with van der Waals surface area (Å²) in [7, 11) is 1.35. The molecule has 2 fully saturated rings. The van der Waals surface area contributed by atoms with E-state index in [1.165, 1.54) is 26.4 Å². The van der Waals surface area contributed by atoms with Crippen LogP contribution >= 0.6 is 0 Å². The van der Waals surface area contributed by atoms with E-state index in [1.54, 1.807) is 0 Å². The molecule has 0 aromatic rings. The zero-order valence-electron chi connectivity index (χ0n) is 12.0. The Bertz CT molecular complexity index is 357. The molecule has 1 aliphatic heterocycles. The SMILES string of the molecule is COC(=O)CN1CC(NCC2CCC2)CC(C(=O)O)C1. The number of carboxylic acids is 1. The number of carbonyl (C=O) groups excluding carboxylic acids is 1. The van der Waals surface area contributed by atoms with E-state index < -0.39 is 11.9 Å². The van der Waals surface area contributed by atoms with E-state index in [1.807, 2.05) is 4.90 Å². The summed E-state index contributed by atoms with van der Waals surface area (Å²) in [6.07, 6.45) is 4.49. The van der Waals surface area contributed by atoms with Crippen LogP contribution in [0.15, 0.2) is 0 Å². The van der Waals surface area contributed by atoms with Gasteiger partial charge in [-0.25, -0.2) is 0 Å². The summed E-state index contributed by atoms with van der Waals surface area (Å²) in [5.74, 6) is -0.759. The molecule has 1 heterocycles. The van der Waals surface area contributed by atoms with Crippen molar-refractivity contribution in [1.29, 1.82) is 0 Å². The Labute approximate surface area is 119 Å². The lowest BCUT2D eigenvalue weighted by Gasteiger charge is -2.37. The minimum Gasteiger partial charge on any atom is -0.481 e. The number of likely N-dealkylation sites (tertiary alicyclic amines) is 1. The van der Waals surface area contributed by atoms with Crippen LogP contribution in [0.2, 0.25) is 0 Å². The Balaban J connectivity index is 1.85. The summed E-state index contributed by atoms with van der Waals surface area (Å²) >= 11 is 0. The van der Waals surface area contributed by atoms with E-state index in [-0.39, 0.29) is 18.6 Å². The number of hydrogen-bond acceptors (Lipinski definition) is 5. The van der Waals surface area contributed by atoms with Crippen LogP contribution in [0.1, 0.15) is 25.7 Å². The molecule has 2 atom stereocenters. The molecule has 1 aliphatic carbocycles. The largest absolute Gasteiger partial charge is 0.481 e. The normalized spacial score (nSPS) is 27.9. The van der Waals surface area contributed by atoms with Crippen molar-refractivity contribution < 1.29 is 19.4 Å². The molecular formula is C14H24N2O4. The molecule has 2 rings (SSSR count). The Morgan fingerprint density at radius 3 is 2.65 bits per heavy atom. The Morgan fingerprint density at radius 2 is 2.10 bits per heavy atom. The highest BCUT2D eigenvalue weighted by atomic mass is 16.5. The van der Waals surface area contributed by atoms with Gasteiger partial charge in [0.2, 0.25) is 0 Å². The number of nitrogens with zero attached hydrogens (tertiary/aromatic N) is 1. The summed E-state index contributed by atoms with van der Waals surface area (Å²) in [6.45, 7) is 2.27. The van der Waals surface area contributed by atoms with E-state index in [2.05, 4.69) is 10.1 Å². The Morgan fingerprint density at radius 1 is 1.35 bits per heavy atom. The van der Waals surface area contributed by atoms with Crippen LogP contribution in [-0.4, -0.2) is 61.3 Å². The molecule has 0 aromatic heterocycles. The van der Waals surface area contributed by atoms with Gasteiger partial charge in [0.25, 0.3) is 0 Å². The molecule has 0 spiro atoms. The fraction of sp³-hybridized carbons (Fsp3) is 0.857. The maximum absolute atomic E-state index is 11.4. The van der Waals surface area contributed by atoms with Gasteiger partial charge in [0, 0.05) is 19.1 Å². The second-order valence-electron chi connectivity index (χ2n) is 5.94. The molecule has 6 heteroatoms. The molecule has 0 amide bonds. The maximum atomic E-state index is 11.4. The summed E-state index contributed by atoms with van der Waals surface area (Å²) in [5.41, 5.74) is 0. The zero-order valence-corrected chi connectivity index (χ0v) is 12.0. The molecule has 0 radical (unpaired) electrons. The number of nitrogens with one attached hydrogen (secondary N) is 1. The number of rotatable bonds is 6. The number of piperidine rings is 1. The smallest absolute Gasteiger partial charge is 0.319 e. The molecular weight excluding hydrogens is 260 g/mol. The van der Waals surface area contributed by atoms with E-state index in [9.17, 15) is 14.7 Å². The molecule has 1 saturated carbocycles. The van der Waals surface area contributed by atoms with Crippen molar-refractivity contribution >= 4 is 11.9 Å². The van der Waals surface area contributed by atoms with Crippen molar-refractivity contribution in [2.45, 2.75) is 31.7 Å². The van der Waals surface area contributed by atoms with Crippen molar-refractivity contribution in [3.63, 3.8) is 0 Å². The first-order valence-electron chi connectivity index (χ1n) is 7.34. The molecule has 2 N–H and O–H groups in total. The lowest BCUT2D eigenvalue weighted by atomic mass is 9.85. The first-order chi connectivity index (χ1) is 9.58. The quantitative estimate of drug-likeness (QED) is 0.684. The van der Waals surface area contributed by atoms with Gasteiger partial charge in [-0.1, -0.05) is 6.42 Å². The Kier molecular flexibility index (Phi) is 5.37. The second kappa shape index (κ2) is 7.04. The van der Waals surface area contributed by atoms with Gasteiger partial charge in [0.1, 0.15) is 0 Å². The third-order valence-electron chi connectivity index (χ3n) is 4.38. The van der Waals surface area contributed by atoms with Gasteiger partial charge in [0.05, 0.1) is 19.6 Å². The van der Waals surface area contributed by atoms with Gasteiger partial charge in [-0.05, 0) is 31.7 Å². The zero-order chi connectivity index (χ0) is 14.5. The van der Waals surface area contributed by atoms with Crippen LogP contribution in [-0.2, 0) is 14.3 Å². The molecule has 20 heavy (non-hydrogen) atoms. The monoisotopic (exact) mass is 284 g/mol. The topological polar surface area (TPSA) is 78.9 Å². The van der Waals surface area contributed by atoms with E-state index in [4.69, 9.17) is 0 Å². The van der Waals surface area contributed by atoms with Gasteiger partial charge in [-0.2, -0.15) is 0 Å².